The highest BCUT2D eigenvalue weighted by molar-refractivity contribution is 7.90. The van der Waals surface area contributed by atoms with Crippen LogP contribution in [0.3, 0.4) is 0 Å². The average molecular weight is 471 g/mol. The van der Waals surface area contributed by atoms with Crippen molar-refractivity contribution in [3.8, 4) is 11.6 Å². The summed E-state index contributed by atoms with van der Waals surface area (Å²) in [7, 11) is -0.358. The van der Waals surface area contributed by atoms with Gasteiger partial charge in [-0.2, -0.15) is 5.10 Å². The molecule has 0 spiro atoms. The molecule has 0 radical (unpaired) electrons. The highest BCUT2D eigenvalue weighted by Crippen LogP contribution is 2.31. The lowest BCUT2D eigenvalue weighted by atomic mass is 9.94. The third-order valence-electron chi connectivity index (χ3n) is 5.55. The number of benzene rings is 2. The molecule has 0 aliphatic carbocycles. The minimum atomic E-state index is -3.46. The maximum atomic E-state index is 13.6. The zero-order valence-corrected chi connectivity index (χ0v) is 20.5. The van der Waals surface area contributed by atoms with Gasteiger partial charge >= 0.3 is 5.97 Å². The Morgan fingerprint density at radius 2 is 1.61 bits per heavy atom. The maximum Gasteiger partial charge on any atom is 0.344 e. The highest BCUT2D eigenvalue weighted by Gasteiger charge is 2.28. The van der Waals surface area contributed by atoms with E-state index in [1.54, 1.807) is 65.1 Å². The summed E-state index contributed by atoms with van der Waals surface area (Å²) in [5.74, 6) is -0.439. The molecule has 8 nitrogen and oxygen atoms in total. The van der Waals surface area contributed by atoms with Crippen LogP contribution in [0, 0.1) is 27.7 Å². The van der Waals surface area contributed by atoms with Crippen LogP contribution in [0.5, 0.6) is 11.6 Å². The van der Waals surface area contributed by atoms with Crippen LogP contribution in [0.4, 0.5) is 0 Å². The van der Waals surface area contributed by atoms with Crippen LogP contribution in [0.25, 0.3) is 0 Å². The van der Waals surface area contributed by atoms with E-state index in [-0.39, 0.29) is 21.9 Å². The Morgan fingerprint density at radius 3 is 2.15 bits per heavy atom. The summed E-state index contributed by atoms with van der Waals surface area (Å²) in [6.45, 7) is 6.68. The van der Waals surface area contributed by atoms with Crippen molar-refractivity contribution < 1.29 is 27.5 Å². The molecule has 0 aliphatic heterocycles. The molecule has 3 rings (SSSR count). The molecular formula is C24H26N2O6S. The van der Waals surface area contributed by atoms with Gasteiger partial charge in [-0.05, 0) is 74.7 Å². The van der Waals surface area contributed by atoms with Crippen LogP contribution in [0.2, 0.25) is 0 Å². The molecule has 2 aromatic carbocycles. The standard InChI is InChI=1S/C24H26N2O6S/c1-13-12-19(14(2)15(3)22(13)33(7,29)30)21(27)20-16(4)25-26(5)23(20)32-24(28)17-8-10-18(31-6)11-9-17/h8-12H,1-7H3. The van der Waals surface area contributed by atoms with Crippen LogP contribution >= 0.6 is 0 Å². The van der Waals surface area contributed by atoms with E-state index in [9.17, 15) is 18.0 Å². The monoisotopic (exact) mass is 470 g/mol. The molecule has 0 N–H and O–H groups in total. The van der Waals surface area contributed by atoms with Gasteiger partial charge in [-0.25, -0.2) is 17.9 Å². The lowest BCUT2D eigenvalue weighted by Gasteiger charge is -2.15. The Balaban J connectivity index is 2.06. The number of methoxy groups -OCH3 is 1. The number of aryl methyl sites for hydroxylation is 3. The maximum absolute atomic E-state index is 13.6. The van der Waals surface area contributed by atoms with Gasteiger partial charge in [0, 0.05) is 18.9 Å². The molecule has 0 bridgehead atoms. The number of esters is 1. The molecule has 0 unspecified atom stereocenters. The van der Waals surface area contributed by atoms with Gasteiger partial charge in [0.25, 0.3) is 0 Å². The molecule has 0 aliphatic rings. The van der Waals surface area contributed by atoms with Crippen molar-refractivity contribution in [1.82, 2.24) is 9.78 Å². The zero-order chi connectivity index (χ0) is 24.7. The van der Waals surface area contributed by atoms with Gasteiger partial charge in [0.2, 0.25) is 11.7 Å². The molecule has 0 saturated heterocycles. The largest absolute Gasteiger partial charge is 0.497 e. The van der Waals surface area contributed by atoms with Gasteiger partial charge in [-0.15, -0.1) is 0 Å². The number of aromatic nitrogens is 2. The lowest BCUT2D eigenvalue weighted by Crippen LogP contribution is -2.15. The number of carbonyl (C=O) groups excluding carboxylic acids is 2. The molecule has 0 fully saturated rings. The van der Waals surface area contributed by atoms with Crippen LogP contribution in [0.15, 0.2) is 35.2 Å². The molecule has 1 aromatic heterocycles. The average Bonchev–Trinajstić information content (AvgIpc) is 3.02. The smallest absolute Gasteiger partial charge is 0.344 e. The molecule has 1 heterocycles. The fourth-order valence-corrected chi connectivity index (χ4v) is 5.24. The third-order valence-corrected chi connectivity index (χ3v) is 6.92. The Kier molecular flexibility index (Phi) is 6.46. The summed E-state index contributed by atoms with van der Waals surface area (Å²) in [5, 5.41) is 4.27. The van der Waals surface area contributed by atoms with Gasteiger partial charge in [-0.1, -0.05) is 0 Å². The molecular weight excluding hydrogens is 444 g/mol. The molecule has 33 heavy (non-hydrogen) atoms. The zero-order valence-electron chi connectivity index (χ0n) is 19.6. The van der Waals surface area contributed by atoms with Crippen molar-refractivity contribution in [2.24, 2.45) is 7.05 Å². The molecule has 0 amide bonds. The van der Waals surface area contributed by atoms with Crippen molar-refractivity contribution in [2.45, 2.75) is 32.6 Å². The lowest BCUT2D eigenvalue weighted by molar-refractivity contribution is 0.0718. The van der Waals surface area contributed by atoms with Gasteiger partial charge in [0.05, 0.1) is 23.3 Å². The van der Waals surface area contributed by atoms with Gasteiger partial charge in [0.1, 0.15) is 11.3 Å². The summed E-state index contributed by atoms with van der Waals surface area (Å²) >= 11 is 0. The number of nitrogens with zero attached hydrogens (tertiary/aromatic N) is 2. The molecule has 0 atom stereocenters. The number of sulfone groups is 1. The van der Waals surface area contributed by atoms with E-state index in [0.29, 0.717) is 33.7 Å². The van der Waals surface area contributed by atoms with E-state index < -0.39 is 21.6 Å². The van der Waals surface area contributed by atoms with E-state index in [2.05, 4.69) is 5.10 Å². The fraction of sp³-hybridized carbons (Fsp3) is 0.292. The van der Waals surface area contributed by atoms with Crippen molar-refractivity contribution in [3.05, 3.63) is 69.4 Å². The third kappa shape index (κ3) is 4.54. The number of ketones is 1. The highest BCUT2D eigenvalue weighted by atomic mass is 32.2. The van der Waals surface area contributed by atoms with E-state index in [1.807, 2.05) is 0 Å². The van der Waals surface area contributed by atoms with Crippen molar-refractivity contribution in [3.63, 3.8) is 0 Å². The fourth-order valence-electron chi connectivity index (χ4n) is 3.89. The number of hydrogen-bond acceptors (Lipinski definition) is 7. The summed E-state index contributed by atoms with van der Waals surface area (Å²) in [5.41, 5.74) is 2.68. The summed E-state index contributed by atoms with van der Waals surface area (Å²) < 4.78 is 36.5. The van der Waals surface area contributed by atoms with E-state index >= 15 is 0 Å². The minimum absolute atomic E-state index is 0.0141. The normalized spacial score (nSPS) is 11.4. The number of rotatable bonds is 6. The number of carbonyl (C=O) groups is 2. The molecule has 3 aromatic rings. The molecule has 9 heteroatoms. The van der Waals surface area contributed by atoms with E-state index in [4.69, 9.17) is 9.47 Å². The Labute approximate surface area is 193 Å². The molecule has 0 saturated carbocycles. The predicted octanol–water partition coefficient (Wildman–Crippen LogP) is 3.52. The number of hydrogen-bond donors (Lipinski definition) is 0. The first kappa shape index (κ1) is 24.2. The topological polar surface area (TPSA) is 105 Å². The second-order valence-corrected chi connectivity index (χ2v) is 9.88. The van der Waals surface area contributed by atoms with Crippen LogP contribution in [-0.4, -0.2) is 43.3 Å². The number of ether oxygens (including phenoxy) is 2. The first-order valence-electron chi connectivity index (χ1n) is 10.1. The Bertz CT molecular complexity index is 1370. The van der Waals surface area contributed by atoms with Crippen LogP contribution < -0.4 is 9.47 Å². The van der Waals surface area contributed by atoms with Gasteiger partial charge in [-0.3, -0.25) is 4.79 Å². The first-order chi connectivity index (χ1) is 15.4. The summed E-state index contributed by atoms with van der Waals surface area (Å²) in [4.78, 5) is 26.5. The first-order valence-corrected chi connectivity index (χ1v) is 12.0. The van der Waals surface area contributed by atoms with E-state index in [1.165, 1.54) is 11.8 Å². The Morgan fingerprint density at radius 1 is 1.00 bits per heavy atom. The van der Waals surface area contributed by atoms with Crippen LogP contribution in [-0.2, 0) is 16.9 Å². The minimum Gasteiger partial charge on any atom is -0.497 e. The SMILES string of the molecule is COc1ccc(C(=O)Oc2c(C(=O)c3cc(C)c(S(C)(=O)=O)c(C)c3C)c(C)nn2C)cc1. The van der Waals surface area contributed by atoms with Crippen molar-refractivity contribution in [2.75, 3.05) is 13.4 Å². The quantitative estimate of drug-likeness (QED) is 0.401. The van der Waals surface area contributed by atoms with Crippen LogP contribution in [0.1, 0.15) is 48.7 Å². The summed E-state index contributed by atoms with van der Waals surface area (Å²) in [6.07, 6.45) is 1.14. The second-order valence-electron chi connectivity index (χ2n) is 7.93. The van der Waals surface area contributed by atoms with Gasteiger partial charge < -0.3 is 9.47 Å². The van der Waals surface area contributed by atoms with Gasteiger partial charge in [0.15, 0.2) is 9.84 Å². The molecule has 174 valence electrons. The predicted molar refractivity (Wildman–Crippen MR) is 123 cm³/mol. The van der Waals surface area contributed by atoms with Crippen molar-refractivity contribution in [1.29, 1.82) is 0 Å². The summed E-state index contributed by atoms with van der Waals surface area (Å²) in [6, 6.07) is 7.95. The van der Waals surface area contributed by atoms with E-state index in [0.717, 1.165) is 6.26 Å². The Hall–Kier alpha value is -3.46. The second kappa shape index (κ2) is 8.82. The van der Waals surface area contributed by atoms with Crippen molar-refractivity contribution >= 4 is 21.6 Å².